The van der Waals surface area contributed by atoms with Gasteiger partial charge in [0, 0.05) is 44.7 Å². The molecule has 0 saturated heterocycles. The Hall–Kier alpha value is -7.36. The third-order valence-electron chi connectivity index (χ3n) is 11.9. The Bertz CT molecular complexity index is 3240. The topological polar surface area (TPSA) is 29.5 Å². The van der Waals surface area contributed by atoms with Crippen LogP contribution in [-0.4, -0.2) is 0 Å². The van der Waals surface area contributed by atoms with Crippen LogP contribution in [0.25, 0.3) is 65.8 Å². The van der Waals surface area contributed by atoms with E-state index in [9.17, 15) is 0 Å². The molecule has 0 bridgehead atoms. The normalized spacial score (nSPS) is 13.1. The van der Waals surface area contributed by atoms with Crippen LogP contribution < -0.4 is 4.90 Å². The summed E-state index contributed by atoms with van der Waals surface area (Å²) in [4.78, 5) is 2.34. The average Bonchev–Trinajstić information content (AvgIpc) is 3.93. The molecule has 3 nitrogen and oxygen atoms in total. The maximum Gasteiger partial charge on any atom is 0.137 e. The maximum absolute atomic E-state index is 6.43. The zero-order valence-electron chi connectivity index (χ0n) is 30.3. The van der Waals surface area contributed by atoms with Gasteiger partial charge in [-0.05, 0) is 98.8 Å². The van der Waals surface area contributed by atoms with Crippen molar-refractivity contribution in [2.45, 2.75) is 5.41 Å². The maximum atomic E-state index is 6.43. The molecule has 0 atom stereocenters. The second kappa shape index (κ2) is 11.8. The van der Waals surface area contributed by atoms with Crippen LogP contribution in [0.15, 0.2) is 209 Å². The van der Waals surface area contributed by atoms with Crippen molar-refractivity contribution in [3.05, 3.63) is 222 Å². The fourth-order valence-corrected chi connectivity index (χ4v) is 9.54. The summed E-state index contributed by atoms with van der Waals surface area (Å²) >= 11 is 0. The molecule has 0 amide bonds. The molecule has 0 spiro atoms. The number of nitrogens with zero attached hydrogens (tertiary/aromatic N) is 1. The Morgan fingerprint density at radius 2 is 0.893 bits per heavy atom. The van der Waals surface area contributed by atoms with Crippen molar-refractivity contribution in [3.63, 3.8) is 0 Å². The third-order valence-corrected chi connectivity index (χ3v) is 11.9. The van der Waals surface area contributed by atoms with Crippen molar-refractivity contribution < 1.29 is 8.83 Å². The minimum absolute atomic E-state index is 0.502. The number of anilines is 3. The number of furan rings is 2. The summed E-state index contributed by atoms with van der Waals surface area (Å²) in [5.74, 6) is 0. The molecule has 1 aliphatic carbocycles. The van der Waals surface area contributed by atoms with Gasteiger partial charge in [0.15, 0.2) is 0 Å². The highest BCUT2D eigenvalue weighted by atomic mass is 16.3. The Balaban J connectivity index is 1.03. The van der Waals surface area contributed by atoms with E-state index in [0.29, 0.717) is 0 Å². The second-order valence-corrected chi connectivity index (χ2v) is 14.8. The minimum atomic E-state index is -0.502. The molecule has 0 saturated carbocycles. The Labute approximate surface area is 323 Å². The molecule has 2 aromatic heterocycles. The molecule has 262 valence electrons. The lowest BCUT2D eigenvalue weighted by Gasteiger charge is -2.35. The van der Waals surface area contributed by atoms with Gasteiger partial charge in [0.25, 0.3) is 0 Å². The number of hydrogen-bond acceptors (Lipinski definition) is 3. The van der Waals surface area contributed by atoms with Crippen LogP contribution in [0.1, 0.15) is 22.3 Å². The average molecular weight is 716 g/mol. The van der Waals surface area contributed by atoms with Gasteiger partial charge in [-0.1, -0.05) is 140 Å². The largest absolute Gasteiger partial charge is 0.456 e. The molecular formula is C53H33NO2. The van der Waals surface area contributed by atoms with E-state index < -0.39 is 5.41 Å². The Kier molecular flexibility index (Phi) is 6.55. The molecule has 11 aromatic rings. The molecule has 3 heteroatoms. The van der Waals surface area contributed by atoms with E-state index in [0.717, 1.165) is 50.2 Å². The van der Waals surface area contributed by atoms with Crippen molar-refractivity contribution in [3.8, 4) is 11.1 Å². The van der Waals surface area contributed by atoms with Gasteiger partial charge < -0.3 is 13.7 Å². The van der Waals surface area contributed by atoms with Gasteiger partial charge in [0.2, 0.25) is 0 Å². The van der Waals surface area contributed by atoms with Crippen LogP contribution >= 0.6 is 0 Å². The van der Waals surface area contributed by atoms with E-state index in [1.54, 1.807) is 0 Å². The number of para-hydroxylation sites is 1. The second-order valence-electron chi connectivity index (χ2n) is 14.8. The van der Waals surface area contributed by atoms with Gasteiger partial charge in [-0.25, -0.2) is 0 Å². The first-order valence-electron chi connectivity index (χ1n) is 19.2. The quantitative estimate of drug-likeness (QED) is 0.172. The lowest BCUT2D eigenvalue weighted by atomic mass is 9.67. The van der Waals surface area contributed by atoms with Crippen molar-refractivity contribution in [1.82, 2.24) is 0 Å². The lowest BCUT2D eigenvalue weighted by Crippen LogP contribution is -2.29. The standard InChI is InChI=1S/C53H33NO2/c1-2-13-36(14-3-1)53(45-18-9-21-48-51(45)52-46(53)19-10-22-49(52)56-48)37-25-29-39(30-26-37)54(40-31-32-44-43-16-6-7-20-47(43)55-50(44)33-40)38-27-23-35(24-28-38)42-17-8-12-34-11-4-5-15-41(34)42/h1-33H. The van der Waals surface area contributed by atoms with E-state index in [2.05, 4.69) is 193 Å². The molecule has 56 heavy (non-hydrogen) atoms. The van der Waals surface area contributed by atoms with Crippen molar-refractivity contribution >= 4 is 71.7 Å². The van der Waals surface area contributed by atoms with Gasteiger partial charge in [-0.3, -0.25) is 0 Å². The molecular weight excluding hydrogens is 683 g/mol. The molecule has 12 rings (SSSR count). The first-order chi connectivity index (χ1) is 27.8. The van der Waals surface area contributed by atoms with Crippen LogP contribution in [0.2, 0.25) is 0 Å². The number of rotatable bonds is 6. The minimum Gasteiger partial charge on any atom is -0.456 e. The van der Waals surface area contributed by atoms with E-state index in [1.807, 2.05) is 12.1 Å². The van der Waals surface area contributed by atoms with Crippen LogP contribution in [0.4, 0.5) is 17.1 Å². The van der Waals surface area contributed by atoms with Crippen LogP contribution in [0.3, 0.4) is 0 Å². The highest BCUT2D eigenvalue weighted by molar-refractivity contribution is 6.14. The van der Waals surface area contributed by atoms with Gasteiger partial charge in [-0.15, -0.1) is 0 Å². The summed E-state index contributed by atoms with van der Waals surface area (Å²) in [6.07, 6.45) is 0. The van der Waals surface area contributed by atoms with E-state index in [4.69, 9.17) is 8.83 Å². The third kappa shape index (κ3) is 4.34. The molecule has 0 N–H and O–H groups in total. The molecule has 9 aromatic carbocycles. The summed E-state index contributed by atoms with van der Waals surface area (Å²) in [7, 11) is 0. The van der Waals surface area contributed by atoms with Crippen LogP contribution in [-0.2, 0) is 5.41 Å². The highest BCUT2D eigenvalue weighted by Gasteiger charge is 2.46. The lowest BCUT2D eigenvalue weighted by molar-refractivity contribution is 0.663. The Morgan fingerprint density at radius 1 is 0.357 bits per heavy atom. The monoisotopic (exact) mass is 715 g/mol. The van der Waals surface area contributed by atoms with Crippen molar-refractivity contribution in [2.75, 3.05) is 4.90 Å². The van der Waals surface area contributed by atoms with E-state index in [-0.39, 0.29) is 0 Å². The zero-order valence-corrected chi connectivity index (χ0v) is 30.3. The van der Waals surface area contributed by atoms with Crippen LogP contribution in [0.5, 0.6) is 0 Å². The first-order valence-corrected chi connectivity index (χ1v) is 19.2. The fourth-order valence-electron chi connectivity index (χ4n) is 9.54. The summed E-state index contributed by atoms with van der Waals surface area (Å²) in [5.41, 5.74) is 13.6. The van der Waals surface area contributed by atoms with Gasteiger partial charge in [-0.2, -0.15) is 0 Å². The van der Waals surface area contributed by atoms with Crippen molar-refractivity contribution in [2.24, 2.45) is 0 Å². The van der Waals surface area contributed by atoms with E-state index >= 15 is 0 Å². The first kappa shape index (κ1) is 31.0. The van der Waals surface area contributed by atoms with E-state index in [1.165, 1.54) is 54.9 Å². The van der Waals surface area contributed by atoms with Gasteiger partial charge in [0.1, 0.15) is 22.3 Å². The van der Waals surface area contributed by atoms with Crippen molar-refractivity contribution in [1.29, 1.82) is 0 Å². The smallest absolute Gasteiger partial charge is 0.137 e. The predicted molar refractivity (Wildman–Crippen MR) is 230 cm³/mol. The molecule has 0 unspecified atom stereocenters. The number of fused-ring (bicyclic) bond motifs is 4. The molecule has 2 heterocycles. The van der Waals surface area contributed by atoms with Gasteiger partial charge >= 0.3 is 0 Å². The number of benzene rings is 9. The fraction of sp³-hybridized carbons (Fsp3) is 0.0189. The molecule has 0 fully saturated rings. The summed E-state index contributed by atoms with van der Waals surface area (Å²) < 4.78 is 12.8. The Morgan fingerprint density at radius 3 is 1.64 bits per heavy atom. The number of hydrogen-bond donors (Lipinski definition) is 0. The molecule has 0 aliphatic heterocycles. The molecule has 0 radical (unpaired) electrons. The summed E-state index contributed by atoms with van der Waals surface area (Å²) in [6, 6.07) is 72.0. The summed E-state index contributed by atoms with van der Waals surface area (Å²) in [6.45, 7) is 0. The van der Waals surface area contributed by atoms with Crippen LogP contribution in [0, 0.1) is 0 Å². The zero-order chi connectivity index (χ0) is 36.8. The SMILES string of the molecule is c1ccc(C2(c3ccc(N(c4ccc(-c5cccc6ccccc56)cc4)c4ccc5c(c4)oc4ccccc45)cc3)c3cccc4oc5cccc2c5c34)cc1. The predicted octanol–water partition coefficient (Wildman–Crippen LogP) is 14.5. The highest BCUT2D eigenvalue weighted by Crippen LogP contribution is 2.57. The molecule has 1 aliphatic rings. The van der Waals surface area contributed by atoms with Gasteiger partial charge in [0.05, 0.1) is 5.41 Å². The summed E-state index contributed by atoms with van der Waals surface area (Å²) in [5, 5.41) is 7.13.